The molecule has 1 aromatic carbocycles. The molecule has 2 aliphatic heterocycles. The van der Waals surface area contributed by atoms with Gasteiger partial charge in [0.2, 0.25) is 11.8 Å². The molecule has 0 saturated carbocycles. The van der Waals surface area contributed by atoms with Crippen LogP contribution in [0.5, 0.6) is 0 Å². The Morgan fingerprint density at radius 1 is 1.21 bits per heavy atom. The van der Waals surface area contributed by atoms with Crippen LogP contribution in [-0.2, 0) is 9.59 Å². The molecule has 2 saturated heterocycles. The summed E-state index contributed by atoms with van der Waals surface area (Å²) in [4.78, 5) is 32.1. The van der Waals surface area contributed by atoms with Gasteiger partial charge in [0.15, 0.2) is 5.65 Å². The summed E-state index contributed by atoms with van der Waals surface area (Å²) >= 11 is 0. The van der Waals surface area contributed by atoms with Gasteiger partial charge in [-0.15, -0.1) is 0 Å². The average molecular weight is 452 g/mol. The molecule has 4 heterocycles. The van der Waals surface area contributed by atoms with Gasteiger partial charge in [0.25, 0.3) is 0 Å². The first kappa shape index (κ1) is 21.0. The smallest absolute Gasteiger partial charge is 0.247 e. The number of carbonyl (C=O) groups is 2. The van der Waals surface area contributed by atoms with E-state index in [0.717, 1.165) is 18.6 Å². The number of amides is 2. The van der Waals surface area contributed by atoms with Crippen molar-refractivity contribution in [3.63, 3.8) is 0 Å². The van der Waals surface area contributed by atoms with Crippen molar-refractivity contribution in [3.8, 4) is 0 Å². The number of fused-ring (bicyclic) bond motifs is 1. The molecule has 8 nitrogen and oxygen atoms in total. The highest BCUT2D eigenvalue weighted by Crippen LogP contribution is 2.36. The zero-order valence-corrected chi connectivity index (χ0v) is 17.7. The highest BCUT2D eigenvalue weighted by Gasteiger charge is 2.30. The molecule has 2 aliphatic rings. The maximum Gasteiger partial charge on any atom is 0.247 e. The molecule has 2 aromatic heterocycles. The van der Waals surface area contributed by atoms with Gasteiger partial charge in [-0.05, 0) is 43.2 Å². The summed E-state index contributed by atoms with van der Waals surface area (Å²) in [7, 11) is 0. The molecule has 5 rings (SSSR count). The molecule has 1 unspecified atom stereocenters. The highest BCUT2D eigenvalue weighted by molar-refractivity contribution is 5.95. The number of nitrogens with zero attached hydrogens (tertiary/aromatic N) is 5. The second kappa shape index (κ2) is 8.61. The van der Waals surface area contributed by atoms with Crippen molar-refractivity contribution < 1.29 is 18.4 Å². The zero-order valence-electron chi connectivity index (χ0n) is 17.7. The molecule has 1 atom stereocenters. The second-order valence-electron chi connectivity index (χ2n) is 8.11. The van der Waals surface area contributed by atoms with Crippen LogP contribution in [0.1, 0.15) is 30.0 Å². The van der Waals surface area contributed by atoms with E-state index in [1.54, 1.807) is 29.1 Å². The summed E-state index contributed by atoms with van der Waals surface area (Å²) < 4.78 is 29.8. The van der Waals surface area contributed by atoms with Gasteiger partial charge in [0.05, 0.1) is 18.8 Å². The van der Waals surface area contributed by atoms with Crippen molar-refractivity contribution in [1.82, 2.24) is 24.8 Å². The van der Waals surface area contributed by atoms with Gasteiger partial charge >= 0.3 is 0 Å². The van der Waals surface area contributed by atoms with E-state index in [9.17, 15) is 18.4 Å². The standard InChI is InChI=1S/C23H22F2N6O2/c24-16-4-5-18(25)17(12-16)19-2-1-9-30(19)20-7-10-31-23(28-20)15(13-27-31)3-6-22(33)29-11-8-26-21(32)14-29/h3-7,10,12-13,19H,1-2,8-9,11,14H2,(H,26,32). The SMILES string of the molecule is O=C1CN(C(=O)C=Cc2cnn3ccc(N4CCCC4c4cc(F)ccc4F)nc23)CCN1. The maximum atomic E-state index is 14.4. The number of halogens is 2. The third-order valence-electron chi connectivity index (χ3n) is 6.00. The Kier molecular flexibility index (Phi) is 5.49. The van der Waals surface area contributed by atoms with Gasteiger partial charge in [0.1, 0.15) is 17.5 Å². The van der Waals surface area contributed by atoms with Gasteiger partial charge < -0.3 is 15.1 Å². The summed E-state index contributed by atoms with van der Waals surface area (Å²) in [5.41, 5.74) is 1.50. The Labute approximate surface area is 188 Å². The molecule has 0 bridgehead atoms. The minimum atomic E-state index is -0.472. The number of aromatic nitrogens is 3. The predicted octanol–water partition coefficient (Wildman–Crippen LogP) is 2.32. The van der Waals surface area contributed by atoms with E-state index in [0.29, 0.717) is 48.6 Å². The van der Waals surface area contributed by atoms with Crippen molar-refractivity contribution in [2.45, 2.75) is 18.9 Å². The number of anilines is 1. The number of nitrogens with one attached hydrogen (secondary N) is 1. The Morgan fingerprint density at radius 3 is 2.94 bits per heavy atom. The Balaban J connectivity index is 1.41. The molecule has 170 valence electrons. The Hall–Kier alpha value is -3.82. The topological polar surface area (TPSA) is 82.8 Å². The number of carbonyl (C=O) groups excluding carboxylic acids is 2. The Morgan fingerprint density at radius 2 is 2.09 bits per heavy atom. The van der Waals surface area contributed by atoms with E-state index in [-0.39, 0.29) is 24.4 Å². The van der Waals surface area contributed by atoms with Crippen LogP contribution in [0.2, 0.25) is 0 Å². The molecule has 10 heteroatoms. The number of piperazine rings is 1. The molecular weight excluding hydrogens is 430 g/mol. The largest absolute Gasteiger partial charge is 0.353 e. The van der Waals surface area contributed by atoms with Crippen molar-refractivity contribution in [3.05, 3.63) is 65.5 Å². The fourth-order valence-corrected chi connectivity index (χ4v) is 4.38. The fourth-order valence-electron chi connectivity index (χ4n) is 4.38. The molecule has 2 amide bonds. The molecule has 33 heavy (non-hydrogen) atoms. The van der Waals surface area contributed by atoms with E-state index in [4.69, 9.17) is 4.98 Å². The molecule has 0 aliphatic carbocycles. The number of hydrogen-bond donors (Lipinski definition) is 1. The summed E-state index contributed by atoms with van der Waals surface area (Å²) in [5.74, 6) is -0.724. The van der Waals surface area contributed by atoms with Crippen LogP contribution in [0.15, 0.2) is 42.7 Å². The highest BCUT2D eigenvalue weighted by atomic mass is 19.1. The van der Waals surface area contributed by atoms with Crippen LogP contribution in [0, 0.1) is 11.6 Å². The van der Waals surface area contributed by atoms with Gasteiger partial charge in [-0.3, -0.25) is 9.59 Å². The first-order valence-electron chi connectivity index (χ1n) is 10.8. The van der Waals surface area contributed by atoms with Gasteiger partial charge in [-0.2, -0.15) is 5.10 Å². The molecule has 0 radical (unpaired) electrons. The van der Waals surface area contributed by atoms with Crippen molar-refractivity contribution in [2.75, 3.05) is 31.1 Å². The van der Waals surface area contributed by atoms with E-state index in [1.165, 1.54) is 17.0 Å². The lowest BCUT2D eigenvalue weighted by Crippen LogP contribution is -2.49. The van der Waals surface area contributed by atoms with E-state index >= 15 is 0 Å². The summed E-state index contributed by atoms with van der Waals surface area (Å²) in [6, 6.07) is 4.99. The molecular formula is C23H22F2N6O2. The fraction of sp³-hybridized carbons (Fsp3) is 0.304. The summed E-state index contributed by atoms with van der Waals surface area (Å²) in [6.45, 7) is 1.59. The van der Waals surface area contributed by atoms with Crippen molar-refractivity contribution in [2.24, 2.45) is 0 Å². The van der Waals surface area contributed by atoms with Crippen molar-refractivity contribution in [1.29, 1.82) is 0 Å². The minimum absolute atomic E-state index is 0.0350. The van der Waals surface area contributed by atoms with Crippen molar-refractivity contribution >= 4 is 29.4 Å². The monoisotopic (exact) mass is 452 g/mol. The number of rotatable bonds is 4. The van der Waals surface area contributed by atoms with E-state index in [2.05, 4.69) is 10.4 Å². The molecule has 3 aromatic rings. The summed E-state index contributed by atoms with van der Waals surface area (Å²) in [6.07, 6.45) is 7.91. The summed E-state index contributed by atoms with van der Waals surface area (Å²) in [5, 5.41) is 6.96. The number of hydrogen-bond acceptors (Lipinski definition) is 5. The Bertz CT molecular complexity index is 1260. The van der Waals surface area contributed by atoms with Gasteiger partial charge in [0, 0.05) is 43.0 Å². The normalized spacial score (nSPS) is 19.0. The average Bonchev–Trinajstić information content (AvgIpc) is 3.46. The first-order valence-corrected chi connectivity index (χ1v) is 10.8. The third-order valence-corrected chi connectivity index (χ3v) is 6.00. The van der Waals surface area contributed by atoms with E-state index < -0.39 is 11.6 Å². The van der Waals surface area contributed by atoms with Gasteiger partial charge in [-0.25, -0.2) is 18.3 Å². The molecule has 0 spiro atoms. The van der Waals surface area contributed by atoms with Crippen LogP contribution < -0.4 is 10.2 Å². The molecule has 2 fully saturated rings. The van der Waals surface area contributed by atoms with Crippen LogP contribution in [0.25, 0.3) is 11.7 Å². The van der Waals surface area contributed by atoms with E-state index in [1.807, 2.05) is 4.90 Å². The lowest BCUT2D eigenvalue weighted by atomic mass is 10.0. The second-order valence-corrected chi connectivity index (χ2v) is 8.11. The minimum Gasteiger partial charge on any atom is -0.353 e. The zero-order chi connectivity index (χ0) is 22.9. The van der Waals surface area contributed by atoms with Crippen LogP contribution in [0.3, 0.4) is 0 Å². The van der Waals surface area contributed by atoms with Crippen LogP contribution >= 0.6 is 0 Å². The lowest BCUT2D eigenvalue weighted by molar-refractivity contribution is -0.134. The maximum absolute atomic E-state index is 14.4. The predicted molar refractivity (Wildman–Crippen MR) is 117 cm³/mol. The number of benzene rings is 1. The quantitative estimate of drug-likeness (QED) is 0.615. The van der Waals surface area contributed by atoms with Crippen LogP contribution in [-0.4, -0.2) is 57.5 Å². The molecule has 1 N–H and O–H groups in total. The first-order chi connectivity index (χ1) is 16.0. The third kappa shape index (κ3) is 4.15. The lowest BCUT2D eigenvalue weighted by Gasteiger charge is -2.26. The van der Waals surface area contributed by atoms with Crippen LogP contribution in [0.4, 0.5) is 14.6 Å². The van der Waals surface area contributed by atoms with Gasteiger partial charge in [-0.1, -0.05) is 0 Å².